The molecule has 0 aromatic heterocycles. The first-order valence-corrected chi connectivity index (χ1v) is 7.85. The molecule has 1 heterocycles. The number of rotatable bonds is 4. The molecule has 1 aliphatic rings. The maximum absolute atomic E-state index is 13.6. The average Bonchev–Trinajstić information content (AvgIpc) is 2.95. The molecule has 0 radical (unpaired) electrons. The monoisotopic (exact) mass is 326 g/mol. The largest absolute Gasteiger partial charge is 0.497 e. The van der Waals surface area contributed by atoms with Crippen LogP contribution in [0.4, 0.5) is 4.39 Å². The van der Waals surface area contributed by atoms with Crippen molar-refractivity contribution in [2.75, 3.05) is 13.7 Å². The number of hydrogen-bond acceptors (Lipinski definition) is 4. The van der Waals surface area contributed by atoms with E-state index in [9.17, 15) is 14.8 Å². The number of aliphatic hydroxyl groups excluding tert-OH is 1. The van der Waals surface area contributed by atoms with Gasteiger partial charge in [-0.15, -0.1) is 0 Å². The molecular formula is C19H19FN2O2. The van der Waals surface area contributed by atoms with Crippen LogP contribution in [0.5, 0.6) is 5.75 Å². The van der Waals surface area contributed by atoms with Gasteiger partial charge in [-0.2, -0.15) is 5.26 Å². The third kappa shape index (κ3) is 3.40. The Morgan fingerprint density at radius 2 is 2.17 bits per heavy atom. The zero-order chi connectivity index (χ0) is 17.1. The molecule has 1 N–H and O–H groups in total. The smallest absolute Gasteiger partial charge is 0.123 e. The molecule has 2 aromatic rings. The first-order valence-electron chi connectivity index (χ1n) is 7.85. The highest BCUT2D eigenvalue weighted by Gasteiger charge is 2.32. The van der Waals surface area contributed by atoms with E-state index in [1.807, 2.05) is 24.3 Å². The van der Waals surface area contributed by atoms with Gasteiger partial charge in [0.25, 0.3) is 0 Å². The Morgan fingerprint density at radius 1 is 1.33 bits per heavy atom. The molecule has 1 aliphatic heterocycles. The lowest BCUT2D eigenvalue weighted by molar-refractivity contribution is 0.172. The summed E-state index contributed by atoms with van der Waals surface area (Å²) in [6.07, 6.45) is 0.157. The van der Waals surface area contributed by atoms with Crippen molar-refractivity contribution in [1.82, 2.24) is 4.90 Å². The van der Waals surface area contributed by atoms with E-state index in [4.69, 9.17) is 4.74 Å². The normalized spacial score (nSPS) is 20.8. The molecule has 0 saturated carbocycles. The maximum Gasteiger partial charge on any atom is 0.123 e. The molecule has 0 aliphatic carbocycles. The van der Waals surface area contributed by atoms with Crippen LogP contribution in [0.3, 0.4) is 0 Å². The number of β-amino-alcohol motifs (C(OH)–C–C–N with tert-alkyl or cyclic N) is 1. The van der Waals surface area contributed by atoms with Gasteiger partial charge in [0.2, 0.25) is 0 Å². The fourth-order valence-corrected chi connectivity index (χ4v) is 3.27. The number of aliphatic hydroxyl groups is 1. The highest BCUT2D eigenvalue weighted by Crippen LogP contribution is 2.35. The first-order chi connectivity index (χ1) is 11.6. The summed E-state index contributed by atoms with van der Waals surface area (Å²) < 4.78 is 18.8. The molecule has 0 bridgehead atoms. The minimum atomic E-state index is -0.444. The average molecular weight is 326 g/mol. The zero-order valence-electron chi connectivity index (χ0n) is 13.4. The summed E-state index contributed by atoms with van der Waals surface area (Å²) in [5, 5.41) is 19.3. The molecule has 2 aromatic carbocycles. The van der Waals surface area contributed by atoms with E-state index in [2.05, 4.69) is 11.0 Å². The van der Waals surface area contributed by atoms with Crippen LogP contribution >= 0.6 is 0 Å². The van der Waals surface area contributed by atoms with Crippen LogP contribution < -0.4 is 4.74 Å². The van der Waals surface area contributed by atoms with Gasteiger partial charge in [-0.3, -0.25) is 4.90 Å². The van der Waals surface area contributed by atoms with E-state index in [-0.39, 0.29) is 11.9 Å². The number of hydrogen-bond donors (Lipinski definition) is 1. The van der Waals surface area contributed by atoms with Gasteiger partial charge in [-0.25, -0.2) is 4.39 Å². The summed E-state index contributed by atoms with van der Waals surface area (Å²) >= 11 is 0. The summed E-state index contributed by atoms with van der Waals surface area (Å²) in [5.41, 5.74) is 2.14. The van der Waals surface area contributed by atoms with E-state index in [0.717, 1.165) is 11.3 Å². The lowest BCUT2D eigenvalue weighted by Gasteiger charge is -2.25. The molecular weight excluding hydrogens is 307 g/mol. The van der Waals surface area contributed by atoms with Crippen LogP contribution in [-0.2, 0) is 6.54 Å². The Labute approximate surface area is 140 Å². The number of methoxy groups -OCH3 is 1. The van der Waals surface area contributed by atoms with Crippen molar-refractivity contribution < 1.29 is 14.2 Å². The third-order valence-corrected chi connectivity index (χ3v) is 4.42. The molecule has 0 amide bonds. The highest BCUT2D eigenvalue weighted by molar-refractivity contribution is 5.38. The molecule has 5 heteroatoms. The Bertz CT molecular complexity index is 772. The lowest BCUT2D eigenvalue weighted by atomic mass is 10.0. The quantitative estimate of drug-likeness (QED) is 0.938. The Kier molecular flexibility index (Phi) is 4.79. The number of likely N-dealkylation sites (tertiary alicyclic amines) is 1. The number of halogens is 1. The van der Waals surface area contributed by atoms with E-state index in [1.54, 1.807) is 7.11 Å². The predicted molar refractivity (Wildman–Crippen MR) is 87.9 cm³/mol. The number of ether oxygens (including phenoxy) is 1. The molecule has 0 unspecified atom stereocenters. The molecule has 124 valence electrons. The van der Waals surface area contributed by atoms with Gasteiger partial charge in [-0.1, -0.05) is 12.1 Å². The summed E-state index contributed by atoms with van der Waals surface area (Å²) in [6, 6.07) is 14.0. The van der Waals surface area contributed by atoms with E-state index < -0.39 is 6.10 Å². The number of benzene rings is 2. The number of nitrogens with zero attached hydrogens (tertiary/aromatic N) is 2. The van der Waals surface area contributed by atoms with Gasteiger partial charge >= 0.3 is 0 Å². The van der Waals surface area contributed by atoms with Crippen molar-refractivity contribution in [1.29, 1.82) is 5.26 Å². The SMILES string of the molecule is COc1cccc([C@H]2C[C@@H](O)CN2Cc2cc(F)ccc2C#N)c1. The molecule has 3 rings (SSSR count). The molecule has 2 atom stereocenters. The van der Waals surface area contributed by atoms with Gasteiger partial charge in [0.1, 0.15) is 11.6 Å². The molecule has 0 spiro atoms. The van der Waals surface area contributed by atoms with E-state index in [0.29, 0.717) is 30.6 Å². The fraction of sp³-hybridized carbons (Fsp3) is 0.316. The second-order valence-electron chi connectivity index (χ2n) is 6.02. The predicted octanol–water partition coefficient (Wildman–Crippen LogP) is 3.01. The summed E-state index contributed by atoms with van der Waals surface area (Å²) in [6.45, 7) is 0.906. The molecule has 1 fully saturated rings. The van der Waals surface area contributed by atoms with Crippen LogP contribution in [0.2, 0.25) is 0 Å². The Morgan fingerprint density at radius 3 is 2.92 bits per heavy atom. The van der Waals surface area contributed by atoms with Gasteiger partial charge in [0.15, 0.2) is 0 Å². The fourth-order valence-electron chi connectivity index (χ4n) is 3.27. The van der Waals surface area contributed by atoms with Crippen molar-refractivity contribution in [2.24, 2.45) is 0 Å². The van der Waals surface area contributed by atoms with Gasteiger partial charge in [0, 0.05) is 19.1 Å². The summed E-state index contributed by atoms with van der Waals surface area (Å²) in [5.74, 6) is 0.402. The van der Waals surface area contributed by atoms with Gasteiger partial charge in [-0.05, 0) is 47.9 Å². The first kappa shape index (κ1) is 16.4. The zero-order valence-corrected chi connectivity index (χ0v) is 13.4. The second-order valence-corrected chi connectivity index (χ2v) is 6.02. The van der Waals surface area contributed by atoms with E-state index >= 15 is 0 Å². The Hall–Kier alpha value is -2.42. The lowest BCUT2D eigenvalue weighted by Crippen LogP contribution is -2.24. The topological polar surface area (TPSA) is 56.5 Å². The van der Waals surface area contributed by atoms with Crippen molar-refractivity contribution in [3.8, 4) is 11.8 Å². The van der Waals surface area contributed by atoms with Gasteiger partial charge < -0.3 is 9.84 Å². The Balaban J connectivity index is 1.89. The van der Waals surface area contributed by atoms with Crippen molar-refractivity contribution in [3.05, 3.63) is 65.0 Å². The van der Waals surface area contributed by atoms with Crippen molar-refractivity contribution in [2.45, 2.75) is 25.1 Å². The van der Waals surface area contributed by atoms with Crippen LogP contribution in [0.15, 0.2) is 42.5 Å². The standard InChI is InChI=1S/C19H19FN2O2/c1-24-18-4-2-3-13(8-18)19-9-17(23)12-22(19)11-15-7-16(20)6-5-14(15)10-21/h2-8,17,19,23H,9,11-12H2,1H3/t17-,19-/m1/s1. The van der Waals surface area contributed by atoms with Crippen LogP contribution in [-0.4, -0.2) is 29.8 Å². The minimum Gasteiger partial charge on any atom is -0.497 e. The number of nitriles is 1. The second kappa shape index (κ2) is 7.00. The van der Waals surface area contributed by atoms with Crippen LogP contribution in [0.25, 0.3) is 0 Å². The molecule has 24 heavy (non-hydrogen) atoms. The maximum atomic E-state index is 13.6. The van der Waals surface area contributed by atoms with Gasteiger partial charge in [0.05, 0.1) is 24.8 Å². The molecule has 4 nitrogen and oxygen atoms in total. The third-order valence-electron chi connectivity index (χ3n) is 4.42. The van der Waals surface area contributed by atoms with Crippen LogP contribution in [0, 0.1) is 17.1 Å². The highest BCUT2D eigenvalue weighted by atomic mass is 19.1. The minimum absolute atomic E-state index is 0.00455. The summed E-state index contributed by atoms with van der Waals surface area (Å²) in [4.78, 5) is 2.08. The van der Waals surface area contributed by atoms with Crippen molar-refractivity contribution in [3.63, 3.8) is 0 Å². The summed E-state index contributed by atoms with van der Waals surface area (Å²) in [7, 11) is 1.62. The van der Waals surface area contributed by atoms with Crippen LogP contribution in [0.1, 0.15) is 29.2 Å². The van der Waals surface area contributed by atoms with Crippen molar-refractivity contribution >= 4 is 0 Å². The van der Waals surface area contributed by atoms with E-state index in [1.165, 1.54) is 18.2 Å². The molecule has 1 saturated heterocycles.